The minimum Gasteiger partial charge on any atom is -0.378 e. The molecule has 1 aliphatic heterocycles. The first kappa shape index (κ1) is 25.0. The zero-order valence-corrected chi connectivity index (χ0v) is 20.3. The molecule has 35 heavy (non-hydrogen) atoms. The van der Waals surface area contributed by atoms with Gasteiger partial charge in [0.25, 0.3) is 5.91 Å². The lowest BCUT2D eigenvalue weighted by molar-refractivity contribution is 0.0564. The standard InChI is InChI=1S/C26H30ClN5O3/c27-22-10-9-21(30-26(34)31-11-13-35-14-12-31)15-20(22)17-32(24-4-2-1-3-23(24)29)25(33)19-7-5-18(16-28)6-8-19/h5-10,15,23-24H,1-4,11-14,17,29H2,(H,30,34). The van der Waals surface area contributed by atoms with Gasteiger partial charge in [-0.15, -0.1) is 0 Å². The van der Waals surface area contributed by atoms with Gasteiger partial charge >= 0.3 is 6.03 Å². The second-order valence-corrected chi connectivity index (χ2v) is 9.38. The first-order valence-electron chi connectivity index (χ1n) is 11.9. The van der Waals surface area contributed by atoms with Crippen LogP contribution < -0.4 is 11.1 Å². The number of hydrogen-bond acceptors (Lipinski definition) is 5. The monoisotopic (exact) mass is 495 g/mol. The summed E-state index contributed by atoms with van der Waals surface area (Å²) in [6.07, 6.45) is 3.71. The van der Waals surface area contributed by atoms with E-state index in [1.54, 1.807) is 46.2 Å². The van der Waals surface area contributed by atoms with Crippen LogP contribution in [0.3, 0.4) is 0 Å². The maximum Gasteiger partial charge on any atom is 0.321 e. The SMILES string of the molecule is N#Cc1ccc(C(=O)N(Cc2cc(NC(=O)N3CCOCC3)ccc2Cl)C2CCCCC2N)cc1. The van der Waals surface area contributed by atoms with Crippen molar-refractivity contribution in [2.24, 2.45) is 5.73 Å². The number of urea groups is 1. The first-order valence-corrected chi connectivity index (χ1v) is 12.3. The molecule has 4 rings (SSSR count). The summed E-state index contributed by atoms with van der Waals surface area (Å²) in [5.74, 6) is -0.157. The lowest BCUT2D eigenvalue weighted by atomic mass is 9.89. The van der Waals surface area contributed by atoms with Crippen molar-refractivity contribution in [1.29, 1.82) is 5.26 Å². The highest BCUT2D eigenvalue weighted by atomic mass is 35.5. The van der Waals surface area contributed by atoms with Gasteiger partial charge in [0.1, 0.15) is 0 Å². The zero-order chi connectivity index (χ0) is 24.8. The van der Waals surface area contributed by atoms with Gasteiger partial charge in [0.2, 0.25) is 0 Å². The number of nitrogens with one attached hydrogen (secondary N) is 1. The predicted octanol–water partition coefficient (Wildman–Crippen LogP) is 3.99. The van der Waals surface area contributed by atoms with E-state index in [4.69, 9.17) is 27.3 Å². The molecule has 2 unspecified atom stereocenters. The molecule has 2 aliphatic rings. The van der Waals surface area contributed by atoms with Gasteiger partial charge in [0, 0.05) is 48.0 Å². The molecule has 2 aromatic rings. The van der Waals surface area contributed by atoms with Crippen LogP contribution in [0.1, 0.15) is 47.2 Å². The van der Waals surface area contributed by atoms with Crippen molar-refractivity contribution in [3.63, 3.8) is 0 Å². The van der Waals surface area contributed by atoms with Gasteiger partial charge in [-0.05, 0) is 60.9 Å². The number of rotatable bonds is 5. The molecule has 1 aliphatic carbocycles. The van der Waals surface area contributed by atoms with Crippen molar-refractivity contribution < 1.29 is 14.3 Å². The third-order valence-corrected chi connectivity index (χ3v) is 7.01. The van der Waals surface area contributed by atoms with Crippen LogP contribution in [0.4, 0.5) is 10.5 Å². The van der Waals surface area contributed by atoms with Crippen LogP contribution in [-0.2, 0) is 11.3 Å². The van der Waals surface area contributed by atoms with Crippen LogP contribution in [0, 0.1) is 11.3 Å². The molecule has 1 heterocycles. The summed E-state index contributed by atoms with van der Waals surface area (Å²) in [6, 6.07) is 13.5. The second-order valence-electron chi connectivity index (χ2n) is 8.97. The van der Waals surface area contributed by atoms with E-state index in [1.807, 2.05) is 6.07 Å². The molecule has 0 spiro atoms. The van der Waals surface area contributed by atoms with Crippen LogP contribution in [0.15, 0.2) is 42.5 Å². The summed E-state index contributed by atoms with van der Waals surface area (Å²) in [5.41, 5.74) is 8.80. The number of halogens is 1. The Kier molecular flexibility index (Phi) is 8.24. The third kappa shape index (κ3) is 6.12. The summed E-state index contributed by atoms with van der Waals surface area (Å²) in [5, 5.41) is 12.5. The predicted molar refractivity (Wildman–Crippen MR) is 134 cm³/mol. The third-order valence-electron chi connectivity index (χ3n) is 6.64. The normalized spacial score (nSPS) is 20.1. The molecule has 2 fully saturated rings. The van der Waals surface area contributed by atoms with Crippen molar-refractivity contribution in [3.05, 3.63) is 64.2 Å². The van der Waals surface area contributed by atoms with Crippen molar-refractivity contribution >= 4 is 29.2 Å². The van der Waals surface area contributed by atoms with E-state index in [2.05, 4.69) is 11.4 Å². The Morgan fingerprint density at radius 1 is 1.14 bits per heavy atom. The average molecular weight is 496 g/mol. The largest absolute Gasteiger partial charge is 0.378 e. The number of nitrogens with zero attached hydrogens (tertiary/aromatic N) is 3. The van der Waals surface area contributed by atoms with Crippen LogP contribution in [0.2, 0.25) is 5.02 Å². The van der Waals surface area contributed by atoms with Crippen LogP contribution in [0.25, 0.3) is 0 Å². The molecule has 1 saturated carbocycles. The molecule has 3 N–H and O–H groups in total. The second kappa shape index (κ2) is 11.5. The Balaban J connectivity index is 1.58. The maximum atomic E-state index is 13.6. The number of benzene rings is 2. The number of ether oxygens (including phenoxy) is 1. The molecule has 184 valence electrons. The Labute approximate surface area is 210 Å². The number of nitriles is 1. The molecule has 0 aromatic heterocycles. The highest BCUT2D eigenvalue weighted by molar-refractivity contribution is 6.31. The van der Waals surface area contributed by atoms with Crippen molar-refractivity contribution in [2.45, 2.75) is 44.3 Å². The van der Waals surface area contributed by atoms with E-state index >= 15 is 0 Å². The minimum absolute atomic E-state index is 0.130. The summed E-state index contributed by atoms with van der Waals surface area (Å²) >= 11 is 6.55. The van der Waals surface area contributed by atoms with E-state index in [0.717, 1.165) is 31.2 Å². The molecule has 9 heteroatoms. The molecule has 2 aromatic carbocycles. The van der Waals surface area contributed by atoms with E-state index in [0.29, 0.717) is 48.1 Å². The van der Waals surface area contributed by atoms with Crippen LogP contribution >= 0.6 is 11.6 Å². The van der Waals surface area contributed by atoms with Gasteiger partial charge < -0.3 is 25.6 Å². The van der Waals surface area contributed by atoms with E-state index in [1.165, 1.54) is 0 Å². The molecule has 0 bridgehead atoms. The van der Waals surface area contributed by atoms with Crippen molar-refractivity contribution in [1.82, 2.24) is 9.80 Å². The summed E-state index contributed by atoms with van der Waals surface area (Å²) in [7, 11) is 0. The minimum atomic E-state index is -0.193. The van der Waals surface area contributed by atoms with Gasteiger partial charge in [-0.3, -0.25) is 4.79 Å². The fourth-order valence-electron chi connectivity index (χ4n) is 4.65. The highest BCUT2D eigenvalue weighted by Crippen LogP contribution is 2.29. The summed E-state index contributed by atoms with van der Waals surface area (Å²) in [4.78, 5) is 29.8. The fraction of sp³-hybridized carbons (Fsp3) is 0.423. The van der Waals surface area contributed by atoms with Crippen LogP contribution in [0.5, 0.6) is 0 Å². The number of carbonyl (C=O) groups is 2. The number of hydrogen-bond donors (Lipinski definition) is 2. The molecule has 0 radical (unpaired) electrons. The number of amides is 3. The quantitative estimate of drug-likeness (QED) is 0.651. The topological polar surface area (TPSA) is 112 Å². The lowest BCUT2D eigenvalue weighted by Crippen LogP contribution is -2.51. The van der Waals surface area contributed by atoms with Gasteiger partial charge in [0.05, 0.1) is 24.8 Å². The highest BCUT2D eigenvalue weighted by Gasteiger charge is 2.32. The van der Waals surface area contributed by atoms with Gasteiger partial charge in [-0.2, -0.15) is 5.26 Å². The van der Waals surface area contributed by atoms with Crippen LogP contribution in [-0.4, -0.2) is 60.1 Å². The van der Waals surface area contributed by atoms with Crippen molar-refractivity contribution in [3.8, 4) is 6.07 Å². The Bertz CT molecular complexity index is 1100. The molecule has 8 nitrogen and oxygen atoms in total. The number of anilines is 1. The molecule has 1 saturated heterocycles. The van der Waals surface area contributed by atoms with E-state index in [-0.39, 0.29) is 30.6 Å². The molecule has 3 amide bonds. The summed E-state index contributed by atoms with van der Waals surface area (Å²) < 4.78 is 5.31. The lowest BCUT2D eigenvalue weighted by Gasteiger charge is -2.38. The van der Waals surface area contributed by atoms with E-state index < -0.39 is 0 Å². The fourth-order valence-corrected chi connectivity index (χ4v) is 4.82. The molecular weight excluding hydrogens is 466 g/mol. The number of nitrogens with two attached hydrogens (primary N) is 1. The summed E-state index contributed by atoms with van der Waals surface area (Å²) in [6.45, 7) is 2.38. The van der Waals surface area contributed by atoms with Gasteiger partial charge in [-0.25, -0.2) is 4.79 Å². The molecule has 2 atom stereocenters. The Morgan fingerprint density at radius 2 is 1.86 bits per heavy atom. The van der Waals surface area contributed by atoms with Gasteiger partial charge in [0.15, 0.2) is 0 Å². The zero-order valence-electron chi connectivity index (χ0n) is 19.6. The van der Waals surface area contributed by atoms with E-state index in [9.17, 15) is 9.59 Å². The van der Waals surface area contributed by atoms with Crippen molar-refractivity contribution in [2.75, 3.05) is 31.6 Å². The Morgan fingerprint density at radius 3 is 2.54 bits per heavy atom. The van der Waals surface area contributed by atoms with Gasteiger partial charge in [-0.1, -0.05) is 24.4 Å². The molecular formula is C26H30ClN5O3. The number of carbonyl (C=O) groups excluding carboxylic acids is 2. The first-order chi connectivity index (χ1) is 17.0. The Hall–Kier alpha value is -3.12. The maximum absolute atomic E-state index is 13.6. The smallest absolute Gasteiger partial charge is 0.321 e. The average Bonchev–Trinajstić information content (AvgIpc) is 2.89. The number of morpholine rings is 1.